The second-order valence-electron chi connectivity index (χ2n) is 10.3. The SMILES string of the molecule is CCN(CC)c1ccc(-c2nc3cc(C(CC(N)=O)NCc4cc(Br)c(OC)c(OC)c4)ccc3n2C(C)C)cc1. The van der Waals surface area contributed by atoms with Crippen LogP contribution in [0.4, 0.5) is 5.69 Å². The zero-order valence-electron chi connectivity index (χ0n) is 24.7. The van der Waals surface area contributed by atoms with Crippen molar-refractivity contribution in [3.8, 4) is 22.9 Å². The van der Waals surface area contributed by atoms with Gasteiger partial charge in [0.25, 0.3) is 0 Å². The van der Waals surface area contributed by atoms with Crippen molar-refractivity contribution in [1.82, 2.24) is 14.9 Å². The molecule has 0 aliphatic rings. The van der Waals surface area contributed by atoms with Gasteiger partial charge in [-0.1, -0.05) is 6.07 Å². The standard InChI is InChI=1S/C32H40BrN5O3/c1-7-37(8-2)24-12-9-22(10-13-24)32-36-27-17-23(11-14-28(27)38(32)20(3)4)26(18-30(34)39)35-19-21-15-25(33)31(41-6)29(16-21)40-5/h9-17,20,26,35H,7-8,18-19H2,1-6H3,(H2,34,39). The molecule has 1 unspecified atom stereocenters. The van der Waals surface area contributed by atoms with Gasteiger partial charge in [-0.15, -0.1) is 0 Å². The lowest BCUT2D eigenvalue weighted by atomic mass is 10.0. The predicted molar refractivity (Wildman–Crippen MR) is 170 cm³/mol. The number of benzene rings is 3. The van der Waals surface area contributed by atoms with Crippen molar-refractivity contribution >= 4 is 38.6 Å². The van der Waals surface area contributed by atoms with Gasteiger partial charge in [-0.3, -0.25) is 4.79 Å². The maximum atomic E-state index is 12.1. The first-order valence-electron chi connectivity index (χ1n) is 14.0. The maximum absolute atomic E-state index is 12.1. The van der Waals surface area contributed by atoms with E-state index in [9.17, 15) is 4.79 Å². The minimum Gasteiger partial charge on any atom is -0.493 e. The molecule has 0 radical (unpaired) electrons. The summed E-state index contributed by atoms with van der Waals surface area (Å²) in [5.74, 6) is 1.81. The number of imidazole rings is 1. The lowest BCUT2D eigenvalue weighted by molar-refractivity contribution is -0.118. The third-order valence-electron chi connectivity index (χ3n) is 7.34. The van der Waals surface area contributed by atoms with Crippen LogP contribution in [0, 0.1) is 0 Å². The normalized spacial score (nSPS) is 12.1. The van der Waals surface area contributed by atoms with E-state index in [4.69, 9.17) is 20.2 Å². The Morgan fingerprint density at radius 2 is 1.76 bits per heavy atom. The number of fused-ring (bicyclic) bond motifs is 1. The fourth-order valence-corrected chi connectivity index (χ4v) is 5.94. The van der Waals surface area contributed by atoms with Crippen molar-refractivity contribution in [1.29, 1.82) is 0 Å². The fraction of sp³-hybridized carbons (Fsp3) is 0.375. The minimum atomic E-state index is -0.377. The summed E-state index contributed by atoms with van der Waals surface area (Å²) in [5, 5.41) is 3.51. The van der Waals surface area contributed by atoms with Crippen molar-refractivity contribution in [2.24, 2.45) is 5.73 Å². The average molecular weight is 623 g/mol. The summed E-state index contributed by atoms with van der Waals surface area (Å²) < 4.78 is 14.0. The van der Waals surface area contributed by atoms with E-state index < -0.39 is 0 Å². The lowest BCUT2D eigenvalue weighted by Gasteiger charge is -2.21. The summed E-state index contributed by atoms with van der Waals surface area (Å²) in [5.41, 5.74) is 11.8. The van der Waals surface area contributed by atoms with Gasteiger partial charge >= 0.3 is 0 Å². The van der Waals surface area contributed by atoms with Crippen LogP contribution >= 0.6 is 15.9 Å². The molecule has 0 aliphatic heterocycles. The average Bonchev–Trinajstić information content (AvgIpc) is 3.35. The molecule has 8 nitrogen and oxygen atoms in total. The van der Waals surface area contributed by atoms with Gasteiger partial charge in [0, 0.05) is 49.4 Å². The van der Waals surface area contributed by atoms with Gasteiger partial charge in [0.1, 0.15) is 5.82 Å². The monoisotopic (exact) mass is 621 g/mol. The highest BCUT2D eigenvalue weighted by molar-refractivity contribution is 9.10. The molecule has 4 rings (SSSR count). The predicted octanol–water partition coefficient (Wildman–Crippen LogP) is 6.62. The smallest absolute Gasteiger partial charge is 0.219 e. The minimum absolute atomic E-state index is 0.157. The Kier molecular flexibility index (Phi) is 9.94. The number of hydrogen-bond donors (Lipinski definition) is 2. The Labute approximate surface area is 251 Å². The highest BCUT2D eigenvalue weighted by Gasteiger charge is 2.20. The highest BCUT2D eigenvalue weighted by Crippen LogP contribution is 2.37. The van der Waals surface area contributed by atoms with Gasteiger partial charge in [-0.25, -0.2) is 4.98 Å². The molecule has 0 bridgehead atoms. The number of nitrogens with zero attached hydrogens (tertiary/aromatic N) is 3. The van der Waals surface area contributed by atoms with E-state index in [1.165, 1.54) is 5.69 Å². The van der Waals surface area contributed by atoms with Crippen LogP contribution in [0.1, 0.15) is 57.3 Å². The molecular formula is C32H40BrN5O3. The topological polar surface area (TPSA) is 94.6 Å². The van der Waals surface area contributed by atoms with Crippen LogP contribution < -0.4 is 25.4 Å². The number of carbonyl (C=O) groups is 1. The molecule has 1 heterocycles. The van der Waals surface area contributed by atoms with Gasteiger partial charge in [0.15, 0.2) is 11.5 Å². The van der Waals surface area contributed by atoms with E-state index in [1.54, 1.807) is 14.2 Å². The van der Waals surface area contributed by atoms with Crippen LogP contribution in [-0.4, -0.2) is 42.8 Å². The summed E-state index contributed by atoms with van der Waals surface area (Å²) in [7, 11) is 3.21. The summed E-state index contributed by atoms with van der Waals surface area (Å²) in [6.45, 7) is 11.1. The molecule has 4 aromatic rings. The Bertz CT molecular complexity index is 1500. The van der Waals surface area contributed by atoms with Gasteiger partial charge in [-0.05, 0) is 103 Å². The summed E-state index contributed by atoms with van der Waals surface area (Å²) >= 11 is 3.56. The molecule has 0 saturated carbocycles. The summed E-state index contributed by atoms with van der Waals surface area (Å²) in [6.07, 6.45) is 0.157. The van der Waals surface area contributed by atoms with Gasteiger partial charge < -0.3 is 30.0 Å². The quantitative estimate of drug-likeness (QED) is 0.174. The number of amides is 1. The maximum Gasteiger partial charge on any atom is 0.219 e. The van der Waals surface area contributed by atoms with Crippen LogP contribution in [0.2, 0.25) is 0 Å². The largest absolute Gasteiger partial charge is 0.493 e. The zero-order chi connectivity index (χ0) is 29.7. The molecule has 1 amide bonds. The molecule has 3 aromatic carbocycles. The molecule has 0 spiro atoms. The number of nitrogens with two attached hydrogens (primary N) is 1. The zero-order valence-corrected chi connectivity index (χ0v) is 26.3. The molecule has 0 aliphatic carbocycles. The number of aromatic nitrogens is 2. The summed E-state index contributed by atoms with van der Waals surface area (Å²) in [6, 6.07) is 18.7. The molecular weight excluding hydrogens is 582 g/mol. The molecule has 0 fully saturated rings. The molecule has 0 saturated heterocycles. The van der Waals surface area contributed by atoms with Crippen LogP contribution in [0.5, 0.6) is 11.5 Å². The second kappa shape index (κ2) is 13.4. The van der Waals surface area contributed by atoms with Crippen molar-refractivity contribution < 1.29 is 14.3 Å². The van der Waals surface area contributed by atoms with E-state index in [0.29, 0.717) is 18.0 Å². The van der Waals surface area contributed by atoms with E-state index in [1.807, 2.05) is 12.1 Å². The van der Waals surface area contributed by atoms with E-state index in [2.05, 4.69) is 101 Å². The Balaban J connectivity index is 1.67. The number of ether oxygens (including phenoxy) is 2. The number of rotatable bonds is 13. The molecule has 218 valence electrons. The third kappa shape index (κ3) is 6.68. The highest BCUT2D eigenvalue weighted by atomic mass is 79.9. The van der Waals surface area contributed by atoms with Crippen LogP contribution in [0.25, 0.3) is 22.4 Å². The molecule has 9 heteroatoms. The Morgan fingerprint density at radius 1 is 1.05 bits per heavy atom. The van der Waals surface area contributed by atoms with Crippen LogP contribution in [0.3, 0.4) is 0 Å². The number of carbonyl (C=O) groups excluding carboxylic acids is 1. The molecule has 41 heavy (non-hydrogen) atoms. The number of primary amides is 1. The number of hydrogen-bond acceptors (Lipinski definition) is 6. The third-order valence-corrected chi connectivity index (χ3v) is 7.93. The molecule has 1 atom stereocenters. The van der Waals surface area contributed by atoms with Crippen LogP contribution in [-0.2, 0) is 11.3 Å². The first-order valence-corrected chi connectivity index (χ1v) is 14.8. The lowest BCUT2D eigenvalue weighted by Crippen LogP contribution is -2.26. The van der Waals surface area contributed by atoms with Crippen molar-refractivity contribution in [3.05, 3.63) is 70.2 Å². The van der Waals surface area contributed by atoms with Crippen LogP contribution in [0.15, 0.2) is 59.1 Å². The Morgan fingerprint density at radius 3 is 2.34 bits per heavy atom. The number of anilines is 1. The number of nitrogens with one attached hydrogen (secondary N) is 1. The van der Waals surface area contributed by atoms with Crippen molar-refractivity contribution in [2.45, 2.75) is 52.7 Å². The number of methoxy groups -OCH3 is 2. The van der Waals surface area contributed by atoms with E-state index >= 15 is 0 Å². The van der Waals surface area contributed by atoms with Gasteiger partial charge in [-0.2, -0.15) is 0 Å². The van der Waals surface area contributed by atoms with Crippen molar-refractivity contribution in [3.63, 3.8) is 0 Å². The molecule has 3 N–H and O–H groups in total. The first-order chi connectivity index (χ1) is 19.7. The van der Waals surface area contributed by atoms with Crippen molar-refractivity contribution in [2.75, 3.05) is 32.2 Å². The number of halogens is 1. The molecule has 1 aromatic heterocycles. The van der Waals surface area contributed by atoms with Gasteiger partial charge in [0.2, 0.25) is 5.91 Å². The first kappa shape index (κ1) is 30.4. The fourth-order valence-electron chi connectivity index (χ4n) is 5.29. The second-order valence-corrected chi connectivity index (χ2v) is 11.1. The van der Waals surface area contributed by atoms with Gasteiger partial charge in [0.05, 0.1) is 29.7 Å². The van der Waals surface area contributed by atoms with E-state index in [-0.39, 0.29) is 24.4 Å². The summed E-state index contributed by atoms with van der Waals surface area (Å²) in [4.78, 5) is 19.5. The Hall–Kier alpha value is -3.56. The van der Waals surface area contributed by atoms with E-state index in [0.717, 1.165) is 51.1 Å².